The number of amides is 1. The number of carbonyl (C=O) groups excluding carboxylic acids is 1. The number of fused-ring (bicyclic) bond motifs is 3. The number of carbonyl (C=O) groups is 1. The molecule has 8 nitrogen and oxygen atoms in total. The van der Waals surface area contributed by atoms with Crippen molar-refractivity contribution in [3.05, 3.63) is 69.2 Å². The van der Waals surface area contributed by atoms with Crippen LogP contribution in [0, 0.1) is 0 Å². The van der Waals surface area contributed by atoms with Crippen molar-refractivity contribution in [1.82, 2.24) is 20.0 Å². The molecule has 2 aromatic carbocycles. The number of halogens is 2. The standard InChI is InChI=1S/C23H19ClN6O2.ClH/c1-29-21(30-19-9-13(24)3-5-17(19)23(6-7-23)22(30)32)16(11-26-29)12-2-4-14-15(8-12)18(10-25)27-28-20(14)31;/h2-5,8-9,11H,6-7,10,25H2,1H3,(H,28,31);1H. The van der Waals surface area contributed by atoms with E-state index >= 15 is 0 Å². The van der Waals surface area contributed by atoms with Gasteiger partial charge in [-0.2, -0.15) is 10.2 Å². The molecule has 33 heavy (non-hydrogen) atoms. The van der Waals surface area contributed by atoms with Crippen LogP contribution in [0.3, 0.4) is 0 Å². The van der Waals surface area contributed by atoms with Gasteiger partial charge in [-0.25, -0.2) is 5.10 Å². The molecule has 3 heterocycles. The molecule has 0 atom stereocenters. The lowest BCUT2D eigenvalue weighted by Gasteiger charge is -2.20. The molecule has 1 aliphatic heterocycles. The Kier molecular flexibility index (Phi) is 4.86. The molecule has 168 valence electrons. The first-order valence-electron chi connectivity index (χ1n) is 10.3. The molecule has 0 bridgehead atoms. The largest absolute Gasteiger partial charge is 0.325 e. The van der Waals surface area contributed by atoms with E-state index in [4.69, 9.17) is 17.3 Å². The third-order valence-corrected chi connectivity index (χ3v) is 6.80. The number of nitrogens with zero attached hydrogens (tertiary/aromatic N) is 4. The maximum Gasteiger partial charge on any atom is 0.272 e. The number of hydrogen-bond acceptors (Lipinski definition) is 5. The first-order valence-corrected chi connectivity index (χ1v) is 10.7. The monoisotopic (exact) mass is 482 g/mol. The van der Waals surface area contributed by atoms with E-state index in [9.17, 15) is 9.59 Å². The van der Waals surface area contributed by atoms with Crippen molar-refractivity contribution in [2.45, 2.75) is 24.8 Å². The molecule has 1 saturated carbocycles. The van der Waals surface area contributed by atoms with Gasteiger partial charge < -0.3 is 5.73 Å². The van der Waals surface area contributed by atoms with Crippen LogP contribution in [-0.4, -0.2) is 25.9 Å². The van der Waals surface area contributed by atoms with Crippen molar-refractivity contribution in [2.75, 3.05) is 4.90 Å². The van der Waals surface area contributed by atoms with Gasteiger partial charge in [0.05, 0.1) is 28.4 Å². The quantitative estimate of drug-likeness (QED) is 0.463. The van der Waals surface area contributed by atoms with Gasteiger partial charge in [-0.3, -0.25) is 19.2 Å². The van der Waals surface area contributed by atoms with E-state index in [1.165, 1.54) is 0 Å². The smallest absolute Gasteiger partial charge is 0.272 e. The van der Waals surface area contributed by atoms with Gasteiger partial charge in [-0.1, -0.05) is 23.7 Å². The van der Waals surface area contributed by atoms with Crippen molar-refractivity contribution in [1.29, 1.82) is 0 Å². The van der Waals surface area contributed by atoms with Crippen molar-refractivity contribution in [3.8, 4) is 11.1 Å². The third-order valence-electron chi connectivity index (χ3n) is 6.57. The summed E-state index contributed by atoms with van der Waals surface area (Å²) < 4.78 is 1.70. The van der Waals surface area contributed by atoms with Crippen molar-refractivity contribution >= 4 is 52.2 Å². The summed E-state index contributed by atoms with van der Waals surface area (Å²) in [7, 11) is 1.81. The van der Waals surface area contributed by atoms with Crippen LogP contribution >= 0.6 is 24.0 Å². The lowest BCUT2D eigenvalue weighted by atomic mass is 9.98. The maximum atomic E-state index is 13.6. The summed E-state index contributed by atoms with van der Waals surface area (Å²) in [5.74, 6) is 0.704. The van der Waals surface area contributed by atoms with Crippen molar-refractivity contribution in [2.24, 2.45) is 12.8 Å². The molecule has 0 radical (unpaired) electrons. The molecule has 4 aromatic rings. The second-order valence-electron chi connectivity index (χ2n) is 8.35. The van der Waals surface area contributed by atoms with Crippen LogP contribution in [0.25, 0.3) is 21.9 Å². The van der Waals surface area contributed by atoms with Gasteiger partial charge in [-0.05, 0) is 48.2 Å². The van der Waals surface area contributed by atoms with Gasteiger partial charge in [-0.15, -0.1) is 12.4 Å². The van der Waals surface area contributed by atoms with E-state index in [-0.39, 0.29) is 30.4 Å². The highest BCUT2D eigenvalue weighted by Crippen LogP contribution is 2.60. The number of aromatic amines is 1. The van der Waals surface area contributed by atoms with Gasteiger partial charge >= 0.3 is 0 Å². The Morgan fingerprint density at radius 2 is 1.94 bits per heavy atom. The number of nitrogens with two attached hydrogens (primary N) is 1. The zero-order valence-electron chi connectivity index (χ0n) is 17.6. The number of benzene rings is 2. The molecular formula is C23H20Cl2N6O2. The van der Waals surface area contributed by atoms with Crippen LogP contribution in [0.15, 0.2) is 47.4 Å². The summed E-state index contributed by atoms with van der Waals surface area (Å²) in [4.78, 5) is 27.6. The Morgan fingerprint density at radius 3 is 2.67 bits per heavy atom. The number of rotatable bonds is 3. The molecule has 0 saturated heterocycles. The van der Waals surface area contributed by atoms with Crippen LogP contribution in [0.2, 0.25) is 5.02 Å². The second kappa shape index (κ2) is 7.41. The predicted molar refractivity (Wildman–Crippen MR) is 129 cm³/mol. The van der Waals surface area contributed by atoms with Crippen LogP contribution in [0.1, 0.15) is 24.1 Å². The average Bonchev–Trinajstić information content (AvgIpc) is 3.46. The highest BCUT2D eigenvalue weighted by molar-refractivity contribution is 6.31. The third kappa shape index (κ3) is 2.95. The van der Waals surface area contributed by atoms with Gasteiger partial charge in [0, 0.05) is 29.6 Å². The summed E-state index contributed by atoms with van der Waals surface area (Å²) >= 11 is 6.31. The zero-order chi connectivity index (χ0) is 22.2. The minimum atomic E-state index is -0.464. The minimum Gasteiger partial charge on any atom is -0.325 e. The molecule has 3 N–H and O–H groups in total. The molecule has 6 rings (SSSR count). The summed E-state index contributed by atoms with van der Waals surface area (Å²) in [5, 5.41) is 12.8. The van der Waals surface area contributed by atoms with E-state index in [0.29, 0.717) is 27.3 Å². The molecular weight excluding hydrogens is 463 g/mol. The van der Waals surface area contributed by atoms with E-state index < -0.39 is 5.41 Å². The number of nitrogens with one attached hydrogen (secondary N) is 1. The van der Waals surface area contributed by atoms with E-state index in [0.717, 1.165) is 35.2 Å². The van der Waals surface area contributed by atoms with Crippen LogP contribution in [0.5, 0.6) is 0 Å². The average molecular weight is 483 g/mol. The van der Waals surface area contributed by atoms with Gasteiger partial charge in [0.15, 0.2) is 0 Å². The zero-order valence-corrected chi connectivity index (χ0v) is 19.2. The van der Waals surface area contributed by atoms with E-state index in [2.05, 4.69) is 15.3 Å². The molecule has 0 unspecified atom stereocenters. The summed E-state index contributed by atoms with van der Waals surface area (Å²) in [6, 6.07) is 11.1. The first kappa shape index (κ1) is 21.6. The van der Waals surface area contributed by atoms with Gasteiger partial charge in [0.1, 0.15) is 5.82 Å². The molecule has 1 fully saturated rings. The van der Waals surface area contributed by atoms with E-state index in [1.54, 1.807) is 21.8 Å². The van der Waals surface area contributed by atoms with Crippen molar-refractivity contribution in [3.63, 3.8) is 0 Å². The van der Waals surface area contributed by atoms with Crippen LogP contribution in [-0.2, 0) is 23.8 Å². The highest BCUT2D eigenvalue weighted by Gasteiger charge is 2.60. The number of H-pyrrole nitrogens is 1. The predicted octanol–water partition coefficient (Wildman–Crippen LogP) is 3.57. The van der Waals surface area contributed by atoms with Crippen LogP contribution in [0.4, 0.5) is 11.5 Å². The molecule has 10 heteroatoms. The second-order valence-corrected chi connectivity index (χ2v) is 8.79. The fourth-order valence-corrected chi connectivity index (χ4v) is 4.96. The normalized spacial score (nSPS) is 15.7. The highest BCUT2D eigenvalue weighted by atomic mass is 35.5. The number of anilines is 2. The van der Waals surface area contributed by atoms with E-state index in [1.807, 2.05) is 37.4 Å². The Bertz CT molecular complexity index is 1500. The number of hydrogen-bond donors (Lipinski definition) is 2. The lowest BCUT2D eigenvalue weighted by Crippen LogP contribution is -2.29. The number of aromatic nitrogens is 4. The Balaban J connectivity index is 0.00000228. The Labute approximate surface area is 199 Å². The van der Waals surface area contributed by atoms with Gasteiger partial charge in [0.25, 0.3) is 5.56 Å². The summed E-state index contributed by atoms with van der Waals surface area (Å²) in [5.41, 5.74) is 9.10. The summed E-state index contributed by atoms with van der Waals surface area (Å²) in [6.45, 7) is 0.190. The topological polar surface area (TPSA) is 110 Å². The fourth-order valence-electron chi connectivity index (χ4n) is 4.79. The molecule has 1 amide bonds. The molecule has 2 aromatic heterocycles. The lowest BCUT2D eigenvalue weighted by molar-refractivity contribution is -0.119. The summed E-state index contributed by atoms with van der Waals surface area (Å²) in [6.07, 6.45) is 3.39. The van der Waals surface area contributed by atoms with Crippen LogP contribution < -0.4 is 16.2 Å². The Morgan fingerprint density at radius 1 is 1.15 bits per heavy atom. The van der Waals surface area contributed by atoms with Crippen molar-refractivity contribution < 1.29 is 4.79 Å². The SMILES string of the molecule is Cl.Cn1ncc(-c2ccc3c(=O)[nH]nc(CN)c3c2)c1N1C(=O)C2(CC2)c2ccc(Cl)cc21. The first-order chi connectivity index (χ1) is 15.4. The number of aryl methyl sites for hydroxylation is 1. The fraction of sp³-hybridized carbons (Fsp3) is 0.217. The minimum absolute atomic E-state index is 0. The molecule has 1 aliphatic carbocycles. The Hall–Kier alpha value is -3.20. The molecule has 2 aliphatic rings. The maximum absolute atomic E-state index is 13.6. The molecule has 1 spiro atoms. The van der Waals surface area contributed by atoms with Gasteiger partial charge in [0.2, 0.25) is 5.91 Å².